The molecule has 3 aliphatic rings. The van der Waals surface area contributed by atoms with Crippen molar-refractivity contribution in [3.05, 3.63) is 142 Å². The minimum atomic E-state index is -0.184. The molecular formula is C43H44N2. The molecule has 2 nitrogen and oxygen atoms in total. The van der Waals surface area contributed by atoms with Crippen LogP contribution in [0.2, 0.25) is 0 Å². The number of anilines is 6. The van der Waals surface area contributed by atoms with Gasteiger partial charge in [-0.15, -0.1) is 0 Å². The fraction of sp³-hybridized carbons (Fsp3) is 0.302. The van der Waals surface area contributed by atoms with Gasteiger partial charge in [-0.1, -0.05) is 129 Å². The molecule has 0 spiro atoms. The van der Waals surface area contributed by atoms with Crippen molar-refractivity contribution in [3.8, 4) is 0 Å². The van der Waals surface area contributed by atoms with Crippen LogP contribution < -0.4 is 9.80 Å². The van der Waals surface area contributed by atoms with Gasteiger partial charge in [0.2, 0.25) is 0 Å². The van der Waals surface area contributed by atoms with Gasteiger partial charge in [0.15, 0.2) is 0 Å². The minimum absolute atomic E-state index is 0.0857. The summed E-state index contributed by atoms with van der Waals surface area (Å²) in [6, 6.07) is 39.1. The molecule has 0 amide bonds. The molecule has 0 bridgehead atoms. The smallest absolute Gasteiger partial charge is 0.0545 e. The molecule has 0 aromatic heterocycles. The summed E-state index contributed by atoms with van der Waals surface area (Å²) < 4.78 is 0. The zero-order valence-corrected chi connectivity index (χ0v) is 28.2. The van der Waals surface area contributed by atoms with Gasteiger partial charge in [0.1, 0.15) is 0 Å². The van der Waals surface area contributed by atoms with Crippen molar-refractivity contribution in [2.24, 2.45) is 0 Å². The quantitative estimate of drug-likeness (QED) is 0.207. The van der Waals surface area contributed by atoms with Crippen LogP contribution in [-0.4, -0.2) is 0 Å². The van der Waals surface area contributed by atoms with Crippen LogP contribution in [0.3, 0.4) is 0 Å². The van der Waals surface area contributed by atoms with E-state index in [0.29, 0.717) is 0 Å². The van der Waals surface area contributed by atoms with Gasteiger partial charge in [-0.25, -0.2) is 0 Å². The van der Waals surface area contributed by atoms with Crippen molar-refractivity contribution < 1.29 is 0 Å². The molecule has 0 aliphatic carbocycles. The summed E-state index contributed by atoms with van der Waals surface area (Å²) in [6.07, 6.45) is 0. The summed E-state index contributed by atoms with van der Waals surface area (Å²) in [5.41, 5.74) is 17.1. The summed E-state index contributed by atoms with van der Waals surface area (Å²) in [6.45, 7) is 21.4. The van der Waals surface area contributed by atoms with E-state index < -0.39 is 0 Å². The molecule has 45 heavy (non-hydrogen) atoms. The second kappa shape index (κ2) is 8.91. The van der Waals surface area contributed by atoms with Crippen molar-refractivity contribution in [2.45, 2.75) is 84.0 Å². The molecule has 0 atom stereocenters. The summed E-state index contributed by atoms with van der Waals surface area (Å²) in [4.78, 5) is 5.10. The van der Waals surface area contributed by atoms with Crippen LogP contribution in [0, 0.1) is 0 Å². The van der Waals surface area contributed by atoms with Crippen LogP contribution in [0.5, 0.6) is 0 Å². The average molecular weight is 589 g/mol. The molecule has 0 N–H and O–H groups in total. The summed E-state index contributed by atoms with van der Waals surface area (Å²) in [7, 11) is 0. The Balaban J connectivity index is 1.45. The second-order valence-electron chi connectivity index (χ2n) is 16.0. The molecule has 0 saturated heterocycles. The lowest BCUT2D eigenvalue weighted by Crippen LogP contribution is -2.43. The Morgan fingerprint density at radius 2 is 0.844 bits per heavy atom. The van der Waals surface area contributed by atoms with Gasteiger partial charge < -0.3 is 9.80 Å². The fourth-order valence-corrected chi connectivity index (χ4v) is 8.43. The Morgan fingerprint density at radius 1 is 0.444 bits per heavy atom. The van der Waals surface area contributed by atoms with E-state index in [1.54, 1.807) is 0 Å². The van der Waals surface area contributed by atoms with Gasteiger partial charge >= 0.3 is 0 Å². The third kappa shape index (κ3) is 3.69. The molecule has 3 heterocycles. The topological polar surface area (TPSA) is 6.48 Å². The van der Waals surface area contributed by atoms with Gasteiger partial charge in [-0.2, -0.15) is 0 Å². The first-order chi connectivity index (χ1) is 21.2. The maximum atomic E-state index is 2.65. The van der Waals surface area contributed by atoms with Crippen LogP contribution in [0.4, 0.5) is 34.1 Å². The Hall–Kier alpha value is -4.30. The minimum Gasteiger partial charge on any atom is -0.310 e. The molecule has 5 aromatic rings. The van der Waals surface area contributed by atoms with E-state index in [2.05, 4.69) is 175 Å². The van der Waals surface area contributed by atoms with E-state index >= 15 is 0 Å². The van der Waals surface area contributed by atoms with E-state index in [0.717, 1.165) is 0 Å². The molecule has 0 fully saturated rings. The Labute approximate surface area is 269 Å². The molecule has 5 aromatic carbocycles. The highest BCUT2D eigenvalue weighted by molar-refractivity contribution is 5.99. The van der Waals surface area contributed by atoms with E-state index in [4.69, 9.17) is 0 Å². The van der Waals surface area contributed by atoms with Gasteiger partial charge in [-0.3, -0.25) is 0 Å². The van der Waals surface area contributed by atoms with Gasteiger partial charge in [0, 0.05) is 33.3 Å². The average Bonchev–Trinajstić information content (AvgIpc) is 3.00. The lowest BCUT2D eigenvalue weighted by molar-refractivity contribution is 0.566. The van der Waals surface area contributed by atoms with E-state index in [-0.39, 0.29) is 21.7 Å². The Bertz CT molecular complexity index is 1910. The van der Waals surface area contributed by atoms with Crippen LogP contribution in [0.25, 0.3) is 0 Å². The Kier molecular flexibility index (Phi) is 5.58. The highest BCUT2D eigenvalue weighted by Gasteiger charge is 2.51. The zero-order chi connectivity index (χ0) is 31.7. The fourth-order valence-electron chi connectivity index (χ4n) is 8.43. The molecule has 2 heteroatoms. The summed E-state index contributed by atoms with van der Waals surface area (Å²) >= 11 is 0. The standard InChI is InChI=1S/C43H44N2/c1-40(2,3)27-21-23-29(24-22-27)44(28-15-11-10-12-16-28)30-25-35-39-36(26-30)43(8,9)34-20-14-18-32-38(34)45(39)37-31(41(32,4)5)17-13-19-33(37)42(35,6)7/h10-26H,1-9H3. The predicted molar refractivity (Wildman–Crippen MR) is 191 cm³/mol. The van der Waals surface area contributed by atoms with Gasteiger partial charge in [0.25, 0.3) is 0 Å². The lowest BCUT2D eigenvalue weighted by atomic mass is 9.61. The van der Waals surface area contributed by atoms with Crippen LogP contribution in [-0.2, 0) is 21.7 Å². The van der Waals surface area contributed by atoms with Crippen LogP contribution >= 0.6 is 0 Å². The summed E-state index contributed by atoms with van der Waals surface area (Å²) in [5, 5.41) is 0. The third-order valence-electron chi connectivity index (χ3n) is 11.1. The first-order valence-corrected chi connectivity index (χ1v) is 16.5. The van der Waals surface area contributed by atoms with Crippen LogP contribution in [0.1, 0.15) is 101 Å². The molecule has 0 saturated carbocycles. The van der Waals surface area contributed by atoms with E-state index in [9.17, 15) is 0 Å². The molecule has 0 radical (unpaired) electrons. The Morgan fingerprint density at radius 3 is 1.29 bits per heavy atom. The van der Waals surface area contributed by atoms with Crippen molar-refractivity contribution in [2.75, 3.05) is 9.80 Å². The highest BCUT2D eigenvalue weighted by atomic mass is 15.2. The number of para-hydroxylation sites is 3. The van der Waals surface area contributed by atoms with Crippen molar-refractivity contribution >= 4 is 34.1 Å². The number of rotatable bonds is 3. The molecule has 3 aliphatic heterocycles. The van der Waals surface area contributed by atoms with Gasteiger partial charge in [-0.05, 0) is 80.8 Å². The molecule has 8 rings (SSSR count). The van der Waals surface area contributed by atoms with E-state index in [1.165, 1.54) is 73.1 Å². The highest BCUT2D eigenvalue weighted by Crippen LogP contribution is 2.66. The summed E-state index contributed by atoms with van der Waals surface area (Å²) in [5.74, 6) is 0. The first kappa shape index (κ1) is 28.2. The number of nitrogens with zero attached hydrogens (tertiary/aromatic N) is 2. The number of benzene rings is 5. The van der Waals surface area contributed by atoms with Crippen molar-refractivity contribution in [1.82, 2.24) is 0 Å². The molecule has 0 unspecified atom stereocenters. The third-order valence-corrected chi connectivity index (χ3v) is 11.1. The maximum absolute atomic E-state index is 2.65. The normalized spacial score (nSPS) is 17.5. The largest absolute Gasteiger partial charge is 0.310 e. The van der Waals surface area contributed by atoms with Crippen molar-refractivity contribution in [3.63, 3.8) is 0 Å². The zero-order valence-electron chi connectivity index (χ0n) is 28.2. The first-order valence-electron chi connectivity index (χ1n) is 16.5. The SMILES string of the molecule is CC(C)(C)c1ccc(N(c2ccccc2)c2cc3c4c(c2)C(C)(C)c2cccc5c2N4c2c(cccc2C3(C)C)C5(C)C)cc1. The van der Waals surface area contributed by atoms with Crippen LogP contribution in [0.15, 0.2) is 103 Å². The monoisotopic (exact) mass is 588 g/mol. The lowest BCUT2D eigenvalue weighted by Gasteiger charge is -2.55. The van der Waals surface area contributed by atoms with E-state index in [1.807, 2.05) is 0 Å². The van der Waals surface area contributed by atoms with Gasteiger partial charge in [0.05, 0.1) is 17.1 Å². The maximum Gasteiger partial charge on any atom is 0.0545 e. The molecule has 226 valence electrons. The predicted octanol–water partition coefficient (Wildman–Crippen LogP) is 11.8. The number of hydrogen-bond acceptors (Lipinski definition) is 2. The number of hydrogen-bond donors (Lipinski definition) is 0. The van der Waals surface area contributed by atoms with Crippen molar-refractivity contribution in [1.29, 1.82) is 0 Å². The molecular weight excluding hydrogens is 544 g/mol. The second-order valence-corrected chi connectivity index (χ2v) is 16.0.